The zero-order chi connectivity index (χ0) is 17.1. The van der Waals surface area contributed by atoms with Crippen molar-refractivity contribution in [2.24, 2.45) is 0 Å². The Bertz CT molecular complexity index is 678. The normalized spacial score (nSPS) is 14.8. The molecule has 1 atom stereocenters. The van der Waals surface area contributed by atoms with Crippen molar-refractivity contribution in [3.05, 3.63) is 47.0 Å². The van der Waals surface area contributed by atoms with Gasteiger partial charge >= 0.3 is 0 Å². The van der Waals surface area contributed by atoms with E-state index in [0.717, 1.165) is 10.5 Å². The fourth-order valence-corrected chi connectivity index (χ4v) is 2.60. The van der Waals surface area contributed by atoms with Crippen LogP contribution in [-0.4, -0.2) is 33.8 Å². The number of carbonyl (C=O) groups excluding carboxylic acids is 3. The summed E-state index contributed by atoms with van der Waals surface area (Å²) in [5.74, 6) is -0.926. The second-order valence-corrected chi connectivity index (χ2v) is 5.96. The summed E-state index contributed by atoms with van der Waals surface area (Å²) in [6.07, 6.45) is 0.595. The molecule has 1 unspecified atom stereocenters. The number of rotatable bonds is 7. The van der Waals surface area contributed by atoms with Crippen LogP contribution < -0.4 is 0 Å². The number of imide groups is 1. The lowest BCUT2D eigenvalue weighted by atomic mass is 10.1. The number of ketones is 1. The average molecular weight is 315 g/mol. The Morgan fingerprint density at radius 3 is 2.52 bits per heavy atom. The number of carbonyl (C=O) groups is 3. The Balaban J connectivity index is 1.95. The maximum absolute atomic E-state index is 12.3. The summed E-state index contributed by atoms with van der Waals surface area (Å²) in [4.78, 5) is 36.9. The van der Waals surface area contributed by atoms with E-state index in [1.54, 1.807) is 25.1 Å². The second-order valence-electron chi connectivity index (χ2n) is 5.96. The molecular formula is C18H21NO4. The van der Waals surface area contributed by atoms with Gasteiger partial charge in [-0.3, -0.25) is 14.4 Å². The number of nitrogens with zero attached hydrogens (tertiary/aromatic N) is 1. The standard InChI is InChI=1S/C18H21NO4/c1-11(2)15(20)6-4-5-7-16(21)19-17(22)13-9-8-12(3)10-14(13)18(19)23/h8-10,16,21H,1,4-7H2,2-3H3. The van der Waals surface area contributed by atoms with Crippen molar-refractivity contribution in [2.75, 3.05) is 0 Å². The molecule has 0 radical (unpaired) electrons. The van der Waals surface area contributed by atoms with Gasteiger partial charge in [0, 0.05) is 6.42 Å². The third-order valence-electron chi connectivity index (χ3n) is 3.96. The number of hydrogen-bond acceptors (Lipinski definition) is 4. The van der Waals surface area contributed by atoms with Gasteiger partial charge in [-0.2, -0.15) is 0 Å². The Labute approximate surface area is 135 Å². The summed E-state index contributed by atoms with van der Waals surface area (Å²) >= 11 is 0. The summed E-state index contributed by atoms with van der Waals surface area (Å²) in [6.45, 7) is 7.09. The van der Waals surface area contributed by atoms with E-state index in [4.69, 9.17) is 0 Å². The van der Waals surface area contributed by atoms with E-state index >= 15 is 0 Å². The largest absolute Gasteiger partial charge is 0.373 e. The van der Waals surface area contributed by atoms with Gasteiger partial charge in [-0.05, 0) is 50.8 Å². The lowest BCUT2D eigenvalue weighted by Crippen LogP contribution is -2.39. The molecular weight excluding hydrogens is 294 g/mol. The van der Waals surface area contributed by atoms with Gasteiger partial charge in [-0.15, -0.1) is 0 Å². The van der Waals surface area contributed by atoms with Crippen LogP contribution in [0.1, 0.15) is 58.9 Å². The van der Waals surface area contributed by atoms with Crippen LogP contribution in [0.25, 0.3) is 0 Å². The number of aryl methyl sites for hydroxylation is 1. The van der Waals surface area contributed by atoms with Crippen LogP contribution in [0.3, 0.4) is 0 Å². The molecule has 5 nitrogen and oxygen atoms in total. The Hall–Kier alpha value is -2.27. The molecule has 0 spiro atoms. The molecule has 0 saturated heterocycles. The molecule has 0 aromatic heterocycles. The number of aliphatic hydroxyl groups excluding tert-OH is 1. The SMILES string of the molecule is C=C(C)C(=O)CCCCC(O)N1C(=O)c2ccc(C)cc2C1=O. The predicted octanol–water partition coefficient (Wildman–Crippen LogP) is 2.62. The first-order chi connectivity index (χ1) is 10.8. The topological polar surface area (TPSA) is 74.7 Å². The van der Waals surface area contributed by atoms with Crippen LogP contribution >= 0.6 is 0 Å². The van der Waals surface area contributed by atoms with Crippen molar-refractivity contribution in [3.63, 3.8) is 0 Å². The molecule has 1 heterocycles. The van der Waals surface area contributed by atoms with E-state index in [9.17, 15) is 19.5 Å². The van der Waals surface area contributed by atoms with E-state index in [-0.39, 0.29) is 12.2 Å². The minimum absolute atomic E-state index is 0.00399. The molecule has 0 bridgehead atoms. The number of Topliss-reactive ketones (excluding diaryl/α,β-unsaturated/α-hetero) is 1. The van der Waals surface area contributed by atoms with Gasteiger partial charge in [0.1, 0.15) is 6.23 Å². The molecule has 1 aliphatic heterocycles. The molecule has 0 fully saturated rings. The summed E-state index contributed by atoms with van der Waals surface area (Å²) in [6, 6.07) is 5.04. The van der Waals surface area contributed by atoms with Crippen LogP contribution in [-0.2, 0) is 4.79 Å². The van der Waals surface area contributed by atoms with Crippen LogP contribution in [0.15, 0.2) is 30.4 Å². The van der Waals surface area contributed by atoms with Crippen LogP contribution in [0.4, 0.5) is 0 Å². The van der Waals surface area contributed by atoms with E-state index < -0.39 is 18.0 Å². The van der Waals surface area contributed by atoms with Gasteiger partial charge in [0.05, 0.1) is 11.1 Å². The van der Waals surface area contributed by atoms with Crippen molar-refractivity contribution in [1.29, 1.82) is 0 Å². The summed E-state index contributed by atoms with van der Waals surface area (Å²) < 4.78 is 0. The summed E-state index contributed by atoms with van der Waals surface area (Å²) in [7, 11) is 0. The number of unbranched alkanes of at least 4 members (excludes halogenated alkanes) is 1. The Kier molecular flexibility index (Phi) is 5.11. The average Bonchev–Trinajstić information content (AvgIpc) is 2.74. The monoisotopic (exact) mass is 315 g/mol. The first-order valence-corrected chi connectivity index (χ1v) is 7.68. The minimum atomic E-state index is -1.16. The molecule has 2 rings (SSSR count). The molecule has 5 heteroatoms. The molecule has 2 amide bonds. The number of benzene rings is 1. The van der Waals surface area contributed by atoms with Gasteiger partial charge in [0.2, 0.25) is 0 Å². The van der Waals surface area contributed by atoms with E-state index in [0.29, 0.717) is 36.0 Å². The lowest BCUT2D eigenvalue weighted by Gasteiger charge is -2.20. The minimum Gasteiger partial charge on any atom is -0.373 e. The smallest absolute Gasteiger partial charge is 0.263 e. The number of amides is 2. The number of hydrogen-bond donors (Lipinski definition) is 1. The predicted molar refractivity (Wildman–Crippen MR) is 86.0 cm³/mol. The Morgan fingerprint density at radius 2 is 1.87 bits per heavy atom. The van der Waals surface area contributed by atoms with E-state index in [2.05, 4.69) is 6.58 Å². The Morgan fingerprint density at radius 1 is 1.22 bits per heavy atom. The highest BCUT2D eigenvalue weighted by Crippen LogP contribution is 2.26. The lowest BCUT2D eigenvalue weighted by molar-refractivity contribution is -0.115. The quantitative estimate of drug-likeness (QED) is 0.477. The van der Waals surface area contributed by atoms with Crippen LogP contribution in [0, 0.1) is 6.92 Å². The number of fused-ring (bicyclic) bond motifs is 1. The molecule has 1 aromatic rings. The highest BCUT2D eigenvalue weighted by atomic mass is 16.3. The fourth-order valence-electron chi connectivity index (χ4n) is 2.60. The van der Waals surface area contributed by atoms with Crippen molar-refractivity contribution in [3.8, 4) is 0 Å². The number of aliphatic hydroxyl groups is 1. The van der Waals surface area contributed by atoms with Crippen LogP contribution in [0.2, 0.25) is 0 Å². The summed E-state index contributed by atoms with van der Waals surface area (Å²) in [5.41, 5.74) is 2.07. The van der Waals surface area contributed by atoms with Gasteiger partial charge in [-0.25, -0.2) is 4.90 Å². The molecule has 0 aliphatic carbocycles. The molecule has 1 aliphatic rings. The first-order valence-electron chi connectivity index (χ1n) is 7.68. The maximum atomic E-state index is 12.3. The van der Waals surface area contributed by atoms with Gasteiger partial charge in [0.15, 0.2) is 5.78 Å². The van der Waals surface area contributed by atoms with Gasteiger partial charge < -0.3 is 5.11 Å². The second kappa shape index (κ2) is 6.87. The highest BCUT2D eigenvalue weighted by Gasteiger charge is 2.39. The zero-order valence-corrected chi connectivity index (χ0v) is 13.5. The summed E-state index contributed by atoms with van der Waals surface area (Å²) in [5, 5.41) is 10.2. The van der Waals surface area contributed by atoms with Gasteiger partial charge in [0.25, 0.3) is 11.8 Å². The first kappa shape index (κ1) is 17.1. The van der Waals surface area contributed by atoms with E-state index in [1.165, 1.54) is 0 Å². The third-order valence-corrected chi connectivity index (χ3v) is 3.96. The zero-order valence-electron chi connectivity index (χ0n) is 13.5. The third kappa shape index (κ3) is 3.56. The van der Waals surface area contributed by atoms with Crippen molar-refractivity contribution in [1.82, 2.24) is 4.90 Å². The number of allylic oxidation sites excluding steroid dienone is 1. The van der Waals surface area contributed by atoms with Crippen molar-refractivity contribution >= 4 is 17.6 Å². The van der Waals surface area contributed by atoms with Crippen molar-refractivity contribution in [2.45, 2.75) is 45.8 Å². The highest BCUT2D eigenvalue weighted by molar-refractivity contribution is 6.21. The molecule has 1 aromatic carbocycles. The maximum Gasteiger partial charge on any atom is 0.263 e. The van der Waals surface area contributed by atoms with E-state index in [1.807, 2.05) is 6.92 Å². The molecule has 0 saturated carbocycles. The van der Waals surface area contributed by atoms with Crippen LogP contribution in [0.5, 0.6) is 0 Å². The molecule has 122 valence electrons. The van der Waals surface area contributed by atoms with Gasteiger partial charge in [-0.1, -0.05) is 18.2 Å². The molecule has 1 N–H and O–H groups in total. The fraction of sp³-hybridized carbons (Fsp3) is 0.389. The molecule has 23 heavy (non-hydrogen) atoms. The van der Waals surface area contributed by atoms with Crippen molar-refractivity contribution < 1.29 is 19.5 Å².